The maximum Gasteiger partial charge on any atom is 0.345 e. The fraction of sp³-hybridized carbons (Fsp3) is 0.111. The first-order chi connectivity index (χ1) is 13.1. The Balaban J connectivity index is 1.73. The zero-order chi connectivity index (χ0) is 19.2. The van der Waals surface area contributed by atoms with Crippen LogP contribution in [0.4, 0.5) is 0 Å². The highest BCUT2D eigenvalue weighted by Gasteiger charge is 2.16. The summed E-state index contributed by atoms with van der Waals surface area (Å²) < 4.78 is 10.7. The molecule has 0 radical (unpaired) electrons. The molecule has 0 bridgehead atoms. The van der Waals surface area contributed by atoms with E-state index in [9.17, 15) is 9.59 Å². The van der Waals surface area contributed by atoms with Gasteiger partial charge in [0, 0.05) is 0 Å². The van der Waals surface area contributed by atoms with E-state index >= 15 is 0 Å². The molecule has 0 spiro atoms. The molecule has 1 aliphatic heterocycles. The highest BCUT2D eigenvalue weighted by atomic mass is 35.5. The van der Waals surface area contributed by atoms with E-state index < -0.39 is 5.97 Å². The second kappa shape index (κ2) is 8.70. The van der Waals surface area contributed by atoms with E-state index in [1.807, 2.05) is 0 Å². The van der Waals surface area contributed by atoms with Crippen LogP contribution in [0.1, 0.15) is 15.9 Å². The van der Waals surface area contributed by atoms with Crippen molar-refractivity contribution in [2.24, 2.45) is 10.2 Å². The molecule has 0 aliphatic carbocycles. The summed E-state index contributed by atoms with van der Waals surface area (Å²) in [6, 6.07) is 11.6. The summed E-state index contributed by atoms with van der Waals surface area (Å²) in [6.07, 6.45) is 1.50. The molecule has 0 saturated carbocycles. The van der Waals surface area contributed by atoms with E-state index in [2.05, 4.69) is 15.5 Å². The van der Waals surface area contributed by atoms with Crippen molar-refractivity contribution < 1.29 is 19.1 Å². The van der Waals surface area contributed by atoms with Crippen LogP contribution in [0.15, 0.2) is 52.7 Å². The number of methoxy groups -OCH3 is 1. The molecule has 0 atom stereocenters. The Morgan fingerprint density at radius 2 is 2.07 bits per heavy atom. The average Bonchev–Trinajstić information content (AvgIpc) is 3.08. The van der Waals surface area contributed by atoms with Gasteiger partial charge in [0.25, 0.3) is 0 Å². The summed E-state index contributed by atoms with van der Waals surface area (Å²) in [5, 5.41) is 11.2. The van der Waals surface area contributed by atoms with Crippen LogP contribution in [-0.2, 0) is 4.79 Å². The highest BCUT2D eigenvalue weighted by molar-refractivity contribution is 8.15. The van der Waals surface area contributed by atoms with Crippen LogP contribution in [0.2, 0.25) is 5.02 Å². The van der Waals surface area contributed by atoms with Gasteiger partial charge in [-0.15, -0.1) is 5.10 Å². The standard InChI is InChI=1S/C18H14ClN3O4S/c1-25-15-8-11(9-20-22-18-21-16(23)10-27-18)6-7-14(15)26-17(24)12-4-2-3-5-13(12)19/h2-9H,10H2,1H3,(H,21,22,23). The third-order valence-corrected chi connectivity index (χ3v) is 4.62. The molecular weight excluding hydrogens is 390 g/mol. The van der Waals surface area contributed by atoms with E-state index in [0.29, 0.717) is 27.3 Å². The predicted octanol–water partition coefficient (Wildman–Crippen LogP) is 3.12. The predicted molar refractivity (Wildman–Crippen MR) is 105 cm³/mol. The number of nitrogens with one attached hydrogen (secondary N) is 1. The number of esters is 1. The van der Waals surface area contributed by atoms with E-state index in [4.69, 9.17) is 21.1 Å². The van der Waals surface area contributed by atoms with Crippen molar-refractivity contribution in [2.45, 2.75) is 0 Å². The van der Waals surface area contributed by atoms with Gasteiger partial charge in [-0.1, -0.05) is 35.5 Å². The summed E-state index contributed by atoms with van der Waals surface area (Å²) in [6.45, 7) is 0. The molecule has 0 unspecified atom stereocenters. The van der Waals surface area contributed by atoms with Crippen LogP contribution in [0.5, 0.6) is 11.5 Å². The molecule has 2 aromatic carbocycles. The van der Waals surface area contributed by atoms with Gasteiger partial charge in [-0.3, -0.25) is 4.79 Å². The van der Waals surface area contributed by atoms with Crippen molar-refractivity contribution in [3.63, 3.8) is 0 Å². The number of amides is 1. The van der Waals surface area contributed by atoms with Crippen molar-refractivity contribution >= 4 is 46.6 Å². The minimum Gasteiger partial charge on any atom is -0.493 e. The zero-order valence-electron chi connectivity index (χ0n) is 14.1. The monoisotopic (exact) mass is 403 g/mol. The maximum atomic E-state index is 12.3. The average molecular weight is 404 g/mol. The number of amidine groups is 1. The lowest BCUT2D eigenvalue weighted by atomic mass is 10.2. The second-order valence-corrected chi connectivity index (χ2v) is 6.64. The number of benzene rings is 2. The number of carbonyl (C=O) groups excluding carboxylic acids is 2. The minimum absolute atomic E-state index is 0.0969. The van der Waals surface area contributed by atoms with Crippen molar-refractivity contribution in [1.29, 1.82) is 0 Å². The minimum atomic E-state index is -0.583. The van der Waals surface area contributed by atoms with Crippen LogP contribution in [0.3, 0.4) is 0 Å². The van der Waals surface area contributed by atoms with Gasteiger partial charge in [0.1, 0.15) is 0 Å². The van der Waals surface area contributed by atoms with Crippen LogP contribution in [0, 0.1) is 0 Å². The van der Waals surface area contributed by atoms with Gasteiger partial charge in [-0.25, -0.2) is 4.79 Å². The molecule has 1 aliphatic rings. The van der Waals surface area contributed by atoms with Crippen LogP contribution < -0.4 is 14.8 Å². The van der Waals surface area contributed by atoms with Gasteiger partial charge in [0.2, 0.25) is 5.91 Å². The number of hydrogen-bond acceptors (Lipinski definition) is 7. The number of hydrogen-bond donors (Lipinski definition) is 1. The summed E-state index contributed by atoms with van der Waals surface area (Å²) >= 11 is 7.30. The van der Waals surface area contributed by atoms with Crippen LogP contribution in [0.25, 0.3) is 0 Å². The first-order valence-electron chi connectivity index (χ1n) is 7.75. The summed E-state index contributed by atoms with van der Waals surface area (Å²) in [4.78, 5) is 23.4. The van der Waals surface area contributed by atoms with Gasteiger partial charge in [-0.05, 0) is 35.9 Å². The highest BCUT2D eigenvalue weighted by Crippen LogP contribution is 2.29. The van der Waals surface area contributed by atoms with Crippen LogP contribution in [-0.4, -0.2) is 36.1 Å². The smallest absolute Gasteiger partial charge is 0.345 e. The Morgan fingerprint density at radius 3 is 2.78 bits per heavy atom. The Bertz CT molecular complexity index is 946. The Labute approximate surface area is 164 Å². The molecule has 2 aromatic rings. The Kier molecular flexibility index (Phi) is 6.10. The maximum absolute atomic E-state index is 12.3. The second-order valence-electron chi connectivity index (χ2n) is 5.27. The summed E-state index contributed by atoms with van der Waals surface area (Å²) in [5.41, 5.74) is 0.946. The SMILES string of the molecule is COc1cc(C=N/N=C2\NC(=O)CS2)ccc1OC(=O)c1ccccc1Cl. The molecule has 27 heavy (non-hydrogen) atoms. The molecule has 138 valence electrons. The first-order valence-corrected chi connectivity index (χ1v) is 9.11. The molecule has 1 saturated heterocycles. The number of nitrogens with zero attached hydrogens (tertiary/aromatic N) is 2. The largest absolute Gasteiger partial charge is 0.493 e. The fourth-order valence-electron chi connectivity index (χ4n) is 2.16. The third-order valence-electron chi connectivity index (χ3n) is 3.43. The lowest BCUT2D eigenvalue weighted by Crippen LogP contribution is -2.19. The number of rotatable bonds is 5. The van der Waals surface area contributed by atoms with E-state index in [-0.39, 0.29) is 17.2 Å². The quantitative estimate of drug-likeness (QED) is 0.358. The first kappa shape index (κ1) is 18.9. The number of halogens is 1. The summed E-state index contributed by atoms with van der Waals surface area (Å²) in [5.74, 6) is 0.272. The molecule has 3 rings (SSSR count). The van der Waals surface area contributed by atoms with Gasteiger partial charge < -0.3 is 14.8 Å². The molecule has 1 N–H and O–H groups in total. The Morgan fingerprint density at radius 1 is 1.26 bits per heavy atom. The lowest BCUT2D eigenvalue weighted by Gasteiger charge is -2.10. The topological polar surface area (TPSA) is 89.3 Å². The molecular formula is C18H14ClN3O4S. The van der Waals surface area contributed by atoms with Gasteiger partial charge in [-0.2, -0.15) is 5.10 Å². The molecule has 0 aromatic heterocycles. The van der Waals surface area contributed by atoms with E-state index in [1.165, 1.54) is 25.1 Å². The van der Waals surface area contributed by atoms with E-state index in [1.54, 1.807) is 42.5 Å². The van der Waals surface area contributed by atoms with Crippen molar-refractivity contribution in [3.8, 4) is 11.5 Å². The molecule has 1 amide bonds. The molecule has 7 nitrogen and oxygen atoms in total. The Hall–Kier alpha value is -2.84. The van der Waals surface area contributed by atoms with Gasteiger partial charge in [0.15, 0.2) is 16.7 Å². The van der Waals surface area contributed by atoms with Crippen molar-refractivity contribution in [1.82, 2.24) is 5.32 Å². The van der Waals surface area contributed by atoms with E-state index in [0.717, 1.165) is 0 Å². The number of carbonyl (C=O) groups is 2. The normalized spacial score (nSPS) is 15.2. The number of ether oxygens (including phenoxy) is 2. The molecule has 9 heteroatoms. The third kappa shape index (κ3) is 4.87. The fourth-order valence-corrected chi connectivity index (χ4v) is 3.00. The number of thioether (sulfide) groups is 1. The summed E-state index contributed by atoms with van der Waals surface area (Å²) in [7, 11) is 1.47. The van der Waals surface area contributed by atoms with Crippen molar-refractivity contribution in [3.05, 3.63) is 58.6 Å². The van der Waals surface area contributed by atoms with Gasteiger partial charge in [0.05, 0.1) is 29.7 Å². The van der Waals surface area contributed by atoms with Crippen molar-refractivity contribution in [2.75, 3.05) is 12.9 Å². The molecule has 1 fully saturated rings. The van der Waals surface area contributed by atoms with Crippen LogP contribution >= 0.6 is 23.4 Å². The zero-order valence-corrected chi connectivity index (χ0v) is 15.7. The molecule has 1 heterocycles. The lowest BCUT2D eigenvalue weighted by molar-refractivity contribution is -0.116. The van der Waals surface area contributed by atoms with Gasteiger partial charge >= 0.3 is 5.97 Å².